The van der Waals surface area contributed by atoms with E-state index in [1.165, 1.54) is 0 Å². The molecule has 17 heavy (non-hydrogen) atoms. The van der Waals surface area contributed by atoms with Crippen LogP contribution < -0.4 is 11.3 Å². The van der Waals surface area contributed by atoms with Crippen LogP contribution in [-0.4, -0.2) is 28.4 Å². The summed E-state index contributed by atoms with van der Waals surface area (Å²) >= 11 is 0. The van der Waals surface area contributed by atoms with Gasteiger partial charge in [-0.1, -0.05) is 0 Å². The van der Waals surface area contributed by atoms with E-state index < -0.39 is 0 Å². The summed E-state index contributed by atoms with van der Waals surface area (Å²) in [6, 6.07) is 3.92. The SMILES string of the molecule is CCN(C(=O)c1cc(C)nc(NN)c1)C1CC1. The molecule has 0 bridgehead atoms. The van der Waals surface area contributed by atoms with Crippen LogP contribution in [0, 0.1) is 6.92 Å². The van der Waals surface area contributed by atoms with Gasteiger partial charge in [-0.3, -0.25) is 4.79 Å². The maximum atomic E-state index is 12.3. The Morgan fingerprint density at radius 3 is 2.82 bits per heavy atom. The Bertz CT molecular complexity index is 429. The molecule has 2 rings (SSSR count). The molecule has 1 heterocycles. The first-order chi connectivity index (χ1) is 8.15. The van der Waals surface area contributed by atoms with E-state index in [4.69, 9.17) is 5.84 Å². The van der Waals surface area contributed by atoms with Crippen LogP contribution in [0.1, 0.15) is 35.8 Å². The lowest BCUT2D eigenvalue weighted by Crippen LogP contribution is -2.33. The second kappa shape index (κ2) is 4.71. The molecule has 0 atom stereocenters. The Labute approximate surface area is 101 Å². The van der Waals surface area contributed by atoms with Gasteiger partial charge < -0.3 is 10.3 Å². The monoisotopic (exact) mass is 234 g/mol. The Morgan fingerprint density at radius 1 is 1.59 bits per heavy atom. The molecule has 0 saturated heterocycles. The van der Waals surface area contributed by atoms with Crippen molar-refractivity contribution in [3.63, 3.8) is 0 Å². The molecule has 5 heteroatoms. The molecular weight excluding hydrogens is 216 g/mol. The minimum atomic E-state index is 0.0667. The molecule has 0 spiro atoms. The molecule has 1 aromatic rings. The standard InChI is InChI=1S/C12H18N4O/c1-3-16(10-4-5-10)12(17)9-6-8(2)14-11(7-9)15-13/h6-7,10H,3-5,13H2,1-2H3,(H,14,15). The Hall–Kier alpha value is -1.62. The fourth-order valence-electron chi connectivity index (χ4n) is 1.99. The number of amides is 1. The number of nitrogens with zero attached hydrogens (tertiary/aromatic N) is 2. The van der Waals surface area contributed by atoms with Crippen LogP contribution in [0.15, 0.2) is 12.1 Å². The van der Waals surface area contributed by atoms with Crippen molar-refractivity contribution < 1.29 is 4.79 Å². The number of hydrogen-bond acceptors (Lipinski definition) is 4. The third-order valence-electron chi connectivity index (χ3n) is 2.94. The number of nitrogen functional groups attached to an aromatic ring is 1. The Morgan fingerprint density at radius 2 is 2.29 bits per heavy atom. The third-order valence-corrected chi connectivity index (χ3v) is 2.94. The zero-order chi connectivity index (χ0) is 12.4. The topological polar surface area (TPSA) is 71.2 Å². The van der Waals surface area contributed by atoms with Crippen molar-refractivity contribution in [2.24, 2.45) is 5.84 Å². The van der Waals surface area contributed by atoms with Crippen molar-refractivity contribution in [1.29, 1.82) is 0 Å². The van der Waals surface area contributed by atoms with E-state index in [9.17, 15) is 4.79 Å². The first kappa shape index (κ1) is 11.9. The number of carbonyl (C=O) groups is 1. The van der Waals surface area contributed by atoms with Gasteiger partial charge in [0.2, 0.25) is 0 Å². The lowest BCUT2D eigenvalue weighted by Gasteiger charge is -2.20. The van der Waals surface area contributed by atoms with Gasteiger partial charge in [0, 0.05) is 23.8 Å². The number of rotatable bonds is 4. The largest absolute Gasteiger partial charge is 0.336 e. The molecule has 1 saturated carbocycles. The molecule has 1 aliphatic carbocycles. The van der Waals surface area contributed by atoms with Crippen LogP contribution in [0.4, 0.5) is 5.82 Å². The maximum Gasteiger partial charge on any atom is 0.254 e. The van der Waals surface area contributed by atoms with Gasteiger partial charge in [-0.05, 0) is 38.8 Å². The highest BCUT2D eigenvalue weighted by molar-refractivity contribution is 5.95. The Kier molecular flexibility index (Phi) is 3.28. The molecule has 0 unspecified atom stereocenters. The van der Waals surface area contributed by atoms with Crippen LogP contribution in [0.2, 0.25) is 0 Å². The second-order valence-electron chi connectivity index (χ2n) is 4.35. The normalized spacial score (nSPS) is 14.5. The lowest BCUT2D eigenvalue weighted by molar-refractivity contribution is 0.0752. The zero-order valence-corrected chi connectivity index (χ0v) is 10.2. The van der Waals surface area contributed by atoms with Gasteiger partial charge >= 0.3 is 0 Å². The van der Waals surface area contributed by atoms with Crippen LogP contribution in [-0.2, 0) is 0 Å². The van der Waals surface area contributed by atoms with Crippen molar-refractivity contribution in [3.8, 4) is 0 Å². The van der Waals surface area contributed by atoms with E-state index in [2.05, 4.69) is 10.4 Å². The molecule has 1 amide bonds. The highest BCUT2D eigenvalue weighted by Crippen LogP contribution is 2.28. The van der Waals surface area contributed by atoms with Gasteiger partial charge in [-0.2, -0.15) is 0 Å². The number of hydrazine groups is 1. The van der Waals surface area contributed by atoms with Crippen molar-refractivity contribution in [2.75, 3.05) is 12.0 Å². The molecule has 5 nitrogen and oxygen atoms in total. The van der Waals surface area contributed by atoms with Crippen molar-refractivity contribution >= 4 is 11.7 Å². The van der Waals surface area contributed by atoms with E-state index in [1.807, 2.05) is 18.7 Å². The smallest absolute Gasteiger partial charge is 0.254 e. The van der Waals surface area contributed by atoms with Crippen molar-refractivity contribution in [1.82, 2.24) is 9.88 Å². The van der Waals surface area contributed by atoms with Crippen molar-refractivity contribution in [3.05, 3.63) is 23.4 Å². The molecule has 0 radical (unpaired) electrons. The molecule has 1 fully saturated rings. The van der Waals surface area contributed by atoms with Crippen LogP contribution in [0.3, 0.4) is 0 Å². The summed E-state index contributed by atoms with van der Waals surface area (Å²) < 4.78 is 0. The number of anilines is 1. The zero-order valence-electron chi connectivity index (χ0n) is 10.2. The van der Waals surface area contributed by atoms with Gasteiger partial charge in [0.25, 0.3) is 5.91 Å². The third kappa shape index (κ3) is 2.55. The summed E-state index contributed by atoms with van der Waals surface area (Å²) in [5.74, 6) is 5.93. The van der Waals surface area contributed by atoms with Crippen molar-refractivity contribution in [2.45, 2.75) is 32.7 Å². The van der Waals surface area contributed by atoms with Gasteiger partial charge in [0.15, 0.2) is 0 Å². The number of aromatic nitrogens is 1. The van der Waals surface area contributed by atoms with Gasteiger partial charge in [-0.15, -0.1) is 0 Å². The second-order valence-corrected chi connectivity index (χ2v) is 4.35. The molecule has 0 aromatic carbocycles. The predicted molar refractivity (Wildman–Crippen MR) is 66.5 cm³/mol. The highest BCUT2D eigenvalue weighted by atomic mass is 16.2. The summed E-state index contributed by atoms with van der Waals surface area (Å²) in [4.78, 5) is 18.4. The molecule has 1 aromatic heterocycles. The summed E-state index contributed by atoms with van der Waals surface area (Å²) in [7, 11) is 0. The minimum absolute atomic E-state index is 0.0667. The molecular formula is C12H18N4O. The van der Waals surface area contributed by atoms with Crippen LogP contribution in [0.25, 0.3) is 0 Å². The number of pyridine rings is 1. The average Bonchev–Trinajstić information content (AvgIpc) is 3.13. The molecule has 0 aliphatic heterocycles. The quantitative estimate of drug-likeness (QED) is 0.608. The van der Waals surface area contributed by atoms with Crippen LogP contribution in [0.5, 0.6) is 0 Å². The number of carbonyl (C=O) groups excluding carboxylic acids is 1. The Balaban J connectivity index is 2.25. The summed E-state index contributed by atoms with van der Waals surface area (Å²) in [6.07, 6.45) is 2.23. The number of aryl methyl sites for hydroxylation is 1. The van der Waals surface area contributed by atoms with Gasteiger partial charge in [-0.25, -0.2) is 10.8 Å². The van der Waals surface area contributed by atoms with E-state index in [-0.39, 0.29) is 5.91 Å². The highest BCUT2D eigenvalue weighted by Gasteiger charge is 2.32. The molecule has 3 N–H and O–H groups in total. The number of nitrogens with two attached hydrogens (primary N) is 1. The van der Waals surface area contributed by atoms with Gasteiger partial charge in [0.1, 0.15) is 5.82 Å². The number of hydrogen-bond donors (Lipinski definition) is 2. The van der Waals surface area contributed by atoms with E-state index in [0.717, 1.165) is 25.1 Å². The fourth-order valence-corrected chi connectivity index (χ4v) is 1.99. The van der Waals surface area contributed by atoms with Gasteiger partial charge in [0.05, 0.1) is 0 Å². The fraction of sp³-hybridized carbons (Fsp3) is 0.500. The minimum Gasteiger partial charge on any atom is -0.336 e. The van der Waals surface area contributed by atoms with E-state index in [0.29, 0.717) is 17.4 Å². The summed E-state index contributed by atoms with van der Waals surface area (Å²) in [5, 5.41) is 0. The van der Waals surface area contributed by atoms with E-state index >= 15 is 0 Å². The molecule has 1 aliphatic rings. The predicted octanol–water partition coefficient (Wildman–Crippen LogP) is 1.30. The first-order valence-corrected chi connectivity index (χ1v) is 5.92. The number of nitrogens with one attached hydrogen (secondary N) is 1. The lowest BCUT2D eigenvalue weighted by atomic mass is 10.2. The first-order valence-electron chi connectivity index (χ1n) is 5.92. The molecule has 92 valence electrons. The van der Waals surface area contributed by atoms with Crippen LogP contribution >= 0.6 is 0 Å². The average molecular weight is 234 g/mol. The summed E-state index contributed by atoms with van der Waals surface area (Å²) in [5.41, 5.74) is 3.92. The van der Waals surface area contributed by atoms with E-state index in [1.54, 1.807) is 12.1 Å². The summed E-state index contributed by atoms with van der Waals surface area (Å²) in [6.45, 7) is 4.60. The maximum absolute atomic E-state index is 12.3.